The summed E-state index contributed by atoms with van der Waals surface area (Å²) in [7, 11) is 0. The zero-order valence-corrected chi connectivity index (χ0v) is 17.3. The summed E-state index contributed by atoms with van der Waals surface area (Å²) < 4.78 is 5.73. The molecule has 0 unspecified atom stereocenters. The van der Waals surface area contributed by atoms with Crippen molar-refractivity contribution in [2.75, 3.05) is 19.6 Å². The molecular formula is C22H28N4O3. The van der Waals surface area contributed by atoms with Gasteiger partial charge in [0.2, 0.25) is 17.7 Å². The zero-order valence-electron chi connectivity index (χ0n) is 17.3. The van der Waals surface area contributed by atoms with Crippen molar-refractivity contribution in [2.45, 2.75) is 46.1 Å². The number of hydrogen-bond acceptors (Lipinski definition) is 5. The maximum Gasteiger partial charge on any atom is 0.254 e. The Morgan fingerprint density at radius 1 is 1.14 bits per heavy atom. The molecule has 1 aromatic heterocycles. The predicted octanol–water partition coefficient (Wildman–Crippen LogP) is 3.23. The maximum atomic E-state index is 13.3. The van der Waals surface area contributed by atoms with Gasteiger partial charge in [0, 0.05) is 38.0 Å². The second kappa shape index (κ2) is 7.61. The summed E-state index contributed by atoms with van der Waals surface area (Å²) in [5.41, 5.74) is 0.642. The SMILES string of the molecule is Cc1nnc([C@@H]2CC3(CCN(C(=O)C(C)C)CC3)CN2C(=O)c2ccccc2)o1. The summed E-state index contributed by atoms with van der Waals surface area (Å²) in [4.78, 5) is 29.5. The molecule has 0 bridgehead atoms. The van der Waals surface area contributed by atoms with Gasteiger partial charge in [0.15, 0.2) is 0 Å². The number of nitrogens with zero attached hydrogens (tertiary/aromatic N) is 4. The van der Waals surface area contributed by atoms with E-state index in [0.29, 0.717) is 23.9 Å². The van der Waals surface area contributed by atoms with Crippen LogP contribution in [0.25, 0.3) is 0 Å². The predicted molar refractivity (Wildman–Crippen MR) is 107 cm³/mol. The highest BCUT2D eigenvalue weighted by Gasteiger charge is 2.50. The number of aromatic nitrogens is 2. The Bertz CT molecular complexity index is 884. The standard InChI is InChI=1S/C22H28N4O3/c1-15(2)20(27)25-11-9-22(10-12-25)13-18(19-24-23-16(3)29-19)26(14-22)21(28)17-7-5-4-6-8-17/h4-8,15,18H,9-14H2,1-3H3/t18-/m0/s1. The highest BCUT2D eigenvalue weighted by Crippen LogP contribution is 2.49. The van der Waals surface area contributed by atoms with Crippen LogP contribution in [0.5, 0.6) is 0 Å². The number of piperidine rings is 1. The van der Waals surface area contributed by atoms with Crippen LogP contribution in [0, 0.1) is 18.3 Å². The fourth-order valence-corrected chi connectivity index (χ4v) is 4.61. The lowest BCUT2D eigenvalue weighted by atomic mass is 9.76. The van der Waals surface area contributed by atoms with E-state index in [1.807, 2.05) is 54.0 Å². The highest BCUT2D eigenvalue weighted by atomic mass is 16.4. The van der Waals surface area contributed by atoms with Gasteiger partial charge in [0.1, 0.15) is 6.04 Å². The third-order valence-corrected chi connectivity index (χ3v) is 6.25. The van der Waals surface area contributed by atoms with E-state index in [-0.39, 0.29) is 29.2 Å². The summed E-state index contributed by atoms with van der Waals surface area (Å²) in [6.45, 7) is 7.77. The van der Waals surface area contributed by atoms with Crippen molar-refractivity contribution in [1.82, 2.24) is 20.0 Å². The number of aryl methyl sites for hydroxylation is 1. The lowest BCUT2D eigenvalue weighted by Gasteiger charge is -2.39. The fourth-order valence-electron chi connectivity index (χ4n) is 4.61. The molecule has 2 aromatic rings. The van der Waals surface area contributed by atoms with E-state index in [9.17, 15) is 9.59 Å². The van der Waals surface area contributed by atoms with Crippen LogP contribution in [-0.2, 0) is 4.79 Å². The molecule has 29 heavy (non-hydrogen) atoms. The molecule has 2 saturated heterocycles. The Balaban J connectivity index is 1.57. The first kappa shape index (κ1) is 19.6. The van der Waals surface area contributed by atoms with E-state index in [4.69, 9.17) is 4.42 Å². The topological polar surface area (TPSA) is 79.5 Å². The number of hydrogen-bond donors (Lipinski definition) is 0. The van der Waals surface area contributed by atoms with Crippen molar-refractivity contribution in [3.63, 3.8) is 0 Å². The quantitative estimate of drug-likeness (QED) is 0.796. The lowest BCUT2D eigenvalue weighted by molar-refractivity contribution is -0.136. The van der Waals surface area contributed by atoms with Crippen LogP contribution in [-0.4, -0.2) is 51.4 Å². The molecule has 2 aliphatic heterocycles. The van der Waals surface area contributed by atoms with Gasteiger partial charge in [0.05, 0.1) is 0 Å². The summed E-state index contributed by atoms with van der Waals surface area (Å²) in [5, 5.41) is 8.20. The Morgan fingerprint density at radius 3 is 2.41 bits per heavy atom. The third-order valence-electron chi connectivity index (χ3n) is 6.25. The molecule has 154 valence electrons. The van der Waals surface area contributed by atoms with E-state index in [1.54, 1.807) is 6.92 Å². The zero-order chi connectivity index (χ0) is 20.6. The van der Waals surface area contributed by atoms with Gasteiger partial charge >= 0.3 is 0 Å². The van der Waals surface area contributed by atoms with E-state index < -0.39 is 0 Å². The second-order valence-electron chi connectivity index (χ2n) is 8.66. The van der Waals surface area contributed by atoms with Gasteiger partial charge in [-0.2, -0.15) is 0 Å². The molecule has 2 fully saturated rings. The van der Waals surface area contributed by atoms with E-state index >= 15 is 0 Å². The molecule has 0 saturated carbocycles. The molecule has 1 atom stereocenters. The molecule has 3 heterocycles. The van der Waals surface area contributed by atoms with Gasteiger partial charge in [-0.15, -0.1) is 10.2 Å². The number of rotatable bonds is 3. The Labute approximate surface area is 171 Å². The number of carbonyl (C=O) groups is 2. The number of amides is 2. The van der Waals surface area contributed by atoms with Gasteiger partial charge in [-0.05, 0) is 36.8 Å². The molecule has 0 aliphatic carbocycles. The fraction of sp³-hybridized carbons (Fsp3) is 0.545. The smallest absolute Gasteiger partial charge is 0.254 e. The summed E-state index contributed by atoms with van der Waals surface area (Å²) in [5.74, 6) is 1.22. The summed E-state index contributed by atoms with van der Waals surface area (Å²) >= 11 is 0. The van der Waals surface area contributed by atoms with Crippen molar-refractivity contribution in [1.29, 1.82) is 0 Å². The van der Waals surface area contributed by atoms with Crippen molar-refractivity contribution < 1.29 is 14.0 Å². The lowest BCUT2D eigenvalue weighted by Crippen LogP contribution is -2.45. The van der Waals surface area contributed by atoms with Gasteiger partial charge < -0.3 is 14.2 Å². The second-order valence-corrected chi connectivity index (χ2v) is 8.66. The Kier molecular flexibility index (Phi) is 5.15. The molecule has 7 heteroatoms. The minimum Gasteiger partial charge on any atom is -0.423 e. The molecule has 1 spiro atoms. The minimum atomic E-state index is -0.226. The van der Waals surface area contributed by atoms with E-state index in [2.05, 4.69) is 10.2 Å². The Hall–Kier alpha value is -2.70. The van der Waals surface area contributed by atoms with Gasteiger partial charge in [-0.25, -0.2) is 0 Å². The molecular weight excluding hydrogens is 368 g/mol. The summed E-state index contributed by atoms with van der Waals surface area (Å²) in [6, 6.07) is 9.11. The molecule has 0 N–H and O–H groups in total. The largest absolute Gasteiger partial charge is 0.423 e. The maximum absolute atomic E-state index is 13.3. The molecule has 4 rings (SSSR count). The average molecular weight is 396 g/mol. The number of likely N-dealkylation sites (tertiary alicyclic amines) is 2. The summed E-state index contributed by atoms with van der Waals surface area (Å²) in [6.07, 6.45) is 2.55. The molecule has 7 nitrogen and oxygen atoms in total. The van der Waals surface area contributed by atoms with Crippen LogP contribution in [0.1, 0.15) is 61.3 Å². The molecule has 1 aromatic carbocycles. The Morgan fingerprint density at radius 2 is 1.83 bits per heavy atom. The van der Waals surface area contributed by atoms with Crippen molar-refractivity contribution in [2.24, 2.45) is 11.3 Å². The molecule has 0 radical (unpaired) electrons. The molecule has 2 amide bonds. The average Bonchev–Trinajstić information content (AvgIpc) is 3.32. The number of benzene rings is 1. The number of carbonyl (C=O) groups excluding carboxylic acids is 2. The van der Waals surface area contributed by atoms with Crippen LogP contribution in [0.2, 0.25) is 0 Å². The van der Waals surface area contributed by atoms with Gasteiger partial charge in [0.25, 0.3) is 5.91 Å². The molecule has 2 aliphatic rings. The van der Waals surface area contributed by atoms with Crippen molar-refractivity contribution >= 4 is 11.8 Å². The van der Waals surface area contributed by atoms with Crippen molar-refractivity contribution in [3.05, 3.63) is 47.7 Å². The van der Waals surface area contributed by atoms with E-state index in [0.717, 1.165) is 32.4 Å². The van der Waals surface area contributed by atoms with Crippen LogP contribution in [0.4, 0.5) is 0 Å². The van der Waals surface area contributed by atoms with Crippen molar-refractivity contribution in [3.8, 4) is 0 Å². The monoisotopic (exact) mass is 396 g/mol. The first-order valence-corrected chi connectivity index (χ1v) is 10.3. The minimum absolute atomic E-state index is 0.0102. The van der Waals surface area contributed by atoms with Gasteiger partial charge in [-0.1, -0.05) is 32.0 Å². The first-order chi connectivity index (χ1) is 13.9. The van der Waals surface area contributed by atoms with E-state index in [1.165, 1.54) is 0 Å². The normalized spacial score (nSPS) is 21.2. The first-order valence-electron chi connectivity index (χ1n) is 10.3. The highest BCUT2D eigenvalue weighted by molar-refractivity contribution is 5.94. The van der Waals surface area contributed by atoms with Gasteiger partial charge in [-0.3, -0.25) is 9.59 Å². The van der Waals surface area contributed by atoms with Crippen LogP contribution in [0.15, 0.2) is 34.7 Å². The van der Waals surface area contributed by atoms with Crippen LogP contribution >= 0.6 is 0 Å². The van der Waals surface area contributed by atoms with Crippen LogP contribution in [0.3, 0.4) is 0 Å². The third kappa shape index (κ3) is 3.78. The van der Waals surface area contributed by atoms with Crippen LogP contribution < -0.4 is 0 Å².